The molecular weight excluding hydrogens is 402 g/mol. The van der Waals surface area contributed by atoms with Gasteiger partial charge in [0.15, 0.2) is 0 Å². The van der Waals surface area contributed by atoms with Crippen molar-refractivity contribution in [2.45, 2.75) is 6.92 Å². The molecule has 162 valence electrons. The van der Waals surface area contributed by atoms with Crippen LogP contribution in [0.3, 0.4) is 0 Å². The smallest absolute Gasteiger partial charge is 0.282 e. The van der Waals surface area contributed by atoms with E-state index in [4.69, 9.17) is 4.74 Å². The van der Waals surface area contributed by atoms with Gasteiger partial charge in [0.05, 0.1) is 18.4 Å². The maximum atomic E-state index is 13.6. The standard InChI is InChI=1S/C26H25N3O3/c1-17-8-5-6-11-22(17)27-24-23(18-12-14-21(32-4)15-13-18)25(30)29(26(24)31)20-10-7-9-19(16-20)28(2)3/h5-16,27H,1-4H3. The number of para-hydroxylation sites is 1. The molecule has 0 radical (unpaired) electrons. The molecule has 1 heterocycles. The molecule has 0 saturated heterocycles. The highest BCUT2D eigenvalue weighted by atomic mass is 16.5. The second-order valence-corrected chi connectivity index (χ2v) is 7.78. The number of hydrogen-bond donors (Lipinski definition) is 1. The van der Waals surface area contributed by atoms with Crippen molar-refractivity contribution in [2.75, 3.05) is 36.3 Å². The minimum Gasteiger partial charge on any atom is -0.497 e. The summed E-state index contributed by atoms with van der Waals surface area (Å²) in [6.45, 7) is 1.95. The predicted octanol–water partition coefficient (Wildman–Crippen LogP) is 4.47. The average molecular weight is 428 g/mol. The second-order valence-electron chi connectivity index (χ2n) is 7.78. The van der Waals surface area contributed by atoms with Gasteiger partial charge in [0.2, 0.25) is 0 Å². The Morgan fingerprint density at radius 2 is 1.59 bits per heavy atom. The van der Waals surface area contributed by atoms with Crippen molar-refractivity contribution in [2.24, 2.45) is 0 Å². The number of nitrogens with one attached hydrogen (secondary N) is 1. The molecule has 6 heteroatoms. The third-order valence-corrected chi connectivity index (χ3v) is 5.47. The van der Waals surface area contributed by atoms with E-state index in [1.54, 1.807) is 37.4 Å². The first-order chi connectivity index (χ1) is 15.4. The maximum Gasteiger partial charge on any atom is 0.282 e. The molecule has 3 aromatic rings. The van der Waals surface area contributed by atoms with Crippen LogP contribution in [0.25, 0.3) is 5.57 Å². The SMILES string of the molecule is COc1ccc(C2=C(Nc3ccccc3C)C(=O)N(c3cccc(N(C)C)c3)C2=O)cc1. The third-order valence-electron chi connectivity index (χ3n) is 5.47. The molecule has 4 rings (SSSR count). The van der Waals surface area contributed by atoms with Gasteiger partial charge in [-0.15, -0.1) is 0 Å². The molecular formula is C26H25N3O3. The van der Waals surface area contributed by atoms with Crippen molar-refractivity contribution in [3.8, 4) is 5.75 Å². The summed E-state index contributed by atoms with van der Waals surface area (Å²) in [7, 11) is 5.42. The van der Waals surface area contributed by atoms with Crippen LogP contribution in [0, 0.1) is 6.92 Å². The van der Waals surface area contributed by atoms with Gasteiger partial charge in [-0.1, -0.05) is 36.4 Å². The zero-order valence-electron chi connectivity index (χ0n) is 18.5. The number of carbonyl (C=O) groups is 2. The van der Waals surface area contributed by atoms with Crippen molar-refractivity contribution < 1.29 is 14.3 Å². The Labute approximate surface area is 187 Å². The molecule has 0 aromatic heterocycles. The summed E-state index contributed by atoms with van der Waals surface area (Å²) in [5.74, 6) is -0.0813. The molecule has 1 aliphatic rings. The Bertz CT molecular complexity index is 1210. The molecule has 3 aromatic carbocycles. The summed E-state index contributed by atoms with van der Waals surface area (Å²) < 4.78 is 5.25. The number of amides is 2. The molecule has 1 aliphatic heterocycles. The first kappa shape index (κ1) is 21.2. The van der Waals surface area contributed by atoms with E-state index in [1.165, 1.54) is 4.90 Å². The molecule has 32 heavy (non-hydrogen) atoms. The summed E-state index contributed by atoms with van der Waals surface area (Å²) in [5.41, 5.74) is 4.40. The van der Waals surface area contributed by atoms with Crippen molar-refractivity contribution in [1.82, 2.24) is 0 Å². The van der Waals surface area contributed by atoms with Crippen LogP contribution < -0.4 is 19.9 Å². The van der Waals surface area contributed by atoms with Gasteiger partial charge in [-0.25, -0.2) is 4.90 Å². The number of benzene rings is 3. The van der Waals surface area contributed by atoms with Crippen LogP contribution in [-0.2, 0) is 9.59 Å². The quantitative estimate of drug-likeness (QED) is 0.589. The zero-order valence-corrected chi connectivity index (χ0v) is 18.5. The van der Waals surface area contributed by atoms with Crippen molar-refractivity contribution in [3.05, 3.63) is 89.6 Å². The monoisotopic (exact) mass is 427 g/mol. The minimum atomic E-state index is -0.389. The lowest BCUT2D eigenvalue weighted by Crippen LogP contribution is -2.32. The van der Waals surface area contributed by atoms with Crippen LogP contribution in [0.5, 0.6) is 5.75 Å². The number of anilines is 3. The van der Waals surface area contributed by atoms with Crippen LogP contribution in [0.4, 0.5) is 17.1 Å². The lowest BCUT2D eigenvalue weighted by atomic mass is 10.0. The largest absolute Gasteiger partial charge is 0.497 e. The number of hydrogen-bond acceptors (Lipinski definition) is 5. The molecule has 2 amide bonds. The lowest BCUT2D eigenvalue weighted by molar-refractivity contribution is -0.120. The van der Waals surface area contributed by atoms with Crippen molar-refractivity contribution in [1.29, 1.82) is 0 Å². The molecule has 6 nitrogen and oxygen atoms in total. The van der Waals surface area contributed by atoms with Crippen molar-refractivity contribution >= 4 is 34.4 Å². The molecule has 0 atom stereocenters. The number of aryl methyl sites for hydroxylation is 1. The fourth-order valence-electron chi connectivity index (χ4n) is 3.66. The first-order valence-electron chi connectivity index (χ1n) is 10.3. The highest BCUT2D eigenvalue weighted by Crippen LogP contribution is 2.35. The van der Waals surface area contributed by atoms with Crippen LogP contribution >= 0.6 is 0 Å². The van der Waals surface area contributed by atoms with E-state index >= 15 is 0 Å². The minimum absolute atomic E-state index is 0.254. The molecule has 0 spiro atoms. The predicted molar refractivity (Wildman–Crippen MR) is 128 cm³/mol. The topological polar surface area (TPSA) is 61.9 Å². The zero-order chi connectivity index (χ0) is 22.8. The molecule has 0 aliphatic carbocycles. The average Bonchev–Trinajstić information content (AvgIpc) is 3.04. The van der Waals surface area contributed by atoms with Crippen LogP contribution in [-0.4, -0.2) is 33.0 Å². The van der Waals surface area contributed by atoms with Crippen LogP contribution in [0.2, 0.25) is 0 Å². The van der Waals surface area contributed by atoms with Gasteiger partial charge < -0.3 is 15.0 Å². The van der Waals surface area contributed by atoms with Gasteiger partial charge in [0, 0.05) is 25.5 Å². The number of methoxy groups -OCH3 is 1. The Morgan fingerprint density at radius 3 is 2.25 bits per heavy atom. The molecule has 0 saturated carbocycles. The summed E-state index contributed by atoms with van der Waals surface area (Å²) in [5, 5.41) is 3.23. The van der Waals surface area contributed by atoms with E-state index in [0.717, 1.165) is 16.9 Å². The fraction of sp³-hybridized carbons (Fsp3) is 0.154. The van der Waals surface area contributed by atoms with Gasteiger partial charge in [0.25, 0.3) is 11.8 Å². The first-order valence-corrected chi connectivity index (χ1v) is 10.3. The number of ether oxygens (including phenoxy) is 1. The molecule has 1 N–H and O–H groups in total. The normalized spacial score (nSPS) is 13.6. The number of nitrogens with zero attached hydrogens (tertiary/aromatic N) is 2. The van der Waals surface area contributed by atoms with E-state index in [1.807, 2.05) is 68.4 Å². The number of carbonyl (C=O) groups excluding carboxylic acids is 2. The van der Waals surface area contributed by atoms with Gasteiger partial charge in [-0.05, 0) is 54.4 Å². The Hall–Kier alpha value is -4.06. The number of imide groups is 1. The Morgan fingerprint density at radius 1 is 0.875 bits per heavy atom. The van der Waals surface area contributed by atoms with E-state index in [-0.39, 0.29) is 17.5 Å². The van der Waals surface area contributed by atoms with Crippen LogP contribution in [0.1, 0.15) is 11.1 Å². The Kier molecular flexibility index (Phi) is 5.69. The van der Waals surface area contributed by atoms with Crippen LogP contribution in [0.15, 0.2) is 78.5 Å². The van der Waals surface area contributed by atoms with Gasteiger partial charge in [0.1, 0.15) is 11.4 Å². The van der Waals surface area contributed by atoms with E-state index < -0.39 is 0 Å². The summed E-state index contributed by atoms with van der Waals surface area (Å²) in [6, 6.07) is 22.2. The van der Waals surface area contributed by atoms with E-state index in [0.29, 0.717) is 22.6 Å². The van der Waals surface area contributed by atoms with Gasteiger partial charge in [-0.2, -0.15) is 0 Å². The highest BCUT2D eigenvalue weighted by molar-refractivity contribution is 6.46. The highest BCUT2D eigenvalue weighted by Gasteiger charge is 2.40. The van der Waals surface area contributed by atoms with E-state index in [9.17, 15) is 9.59 Å². The molecule has 0 bridgehead atoms. The molecule has 0 fully saturated rings. The van der Waals surface area contributed by atoms with Gasteiger partial charge in [-0.3, -0.25) is 9.59 Å². The number of rotatable bonds is 6. The van der Waals surface area contributed by atoms with Crippen molar-refractivity contribution in [3.63, 3.8) is 0 Å². The lowest BCUT2D eigenvalue weighted by Gasteiger charge is -2.19. The summed E-state index contributed by atoms with van der Waals surface area (Å²) in [4.78, 5) is 30.3. The summed E-state index contributed by atoms with van der Waals surface area (Å²) in [6.07, 6.45) is 0. The van der Waals surface area contributed by atoms with Gasteiger partial charge >= 0.3 is 0 Å². The second kappa shape index (κ2) is 8.59. The fourth-order valence-corrected chi connectivity index (χ4v) is 3.66. The Balaban J connectivity index is 1.82. The third kappa shape index (κ3) is 3.83. The summed E-state index contributed by atoms with van der Waals surface area (Å²) >= 11 is 0. The molecule has 0 unspecified atom stereocenters. The maximum absolute atomic E-state index is 13.6. The van der Waals surface area contributed by atoms with E-state index in [2.05, 4.69) is 5.32 Å².